The van der Waals surface area contributed by atoms with Gasteiger partial charge in [0.05, 0.1) is 5.60 Å². The average Bonchev–Trinajstić information content (AvgIpc) is 3.09. The summed E-state index contributed by atoms with van der Waals surface area (Å²) in [6.45, 7) is 3.76. The van der Waals surface area contributed by atoms with Gasteiger partial charge >= 0.3 is 0 Å². The predicted molar refractivity (Wildman–Crippen MR) is 74.8 cm³/mol. The fourth-order valence-corrected chi connectivity index (χ4v) is 3.51. The molecule has 18 heavy (non-hydrogen) atoms. The van der Waals surface area contributed by atoms with Crippen molar-refractivity contribution in [3.05, 3.63) is 22.4 Å². The fourth-order valence-electron chi connectivity index (χ4n) is 2.78. The highest BCUT2D eigenvalue weighted by Crippen LogP contribution is 2.32. The first-order valence-corrected chi connectivity index (χ1v) is 7.83. The molecule has 0 unspecified atom stereocenters. The zero-order valence-electron chi connectivity index (χ0n) is 10.8. The first kappa shape index (κ1) is 12.6. The van der Waals surface area contributed by atoms with E-state index in [2.05, 4.69) is 27.7 Å². The Morgan fingerprint density at radius 1 is 1.39 bits per heavy atom. The van der Waals surface area contributed by atoms with Crippen LogP contribution in [0.5, 0.6) is 0 Å². The number of piperidine rings is 1. The van der Waals surface area contributed by atoms with Gasteiger partial charge in [-0.25, -0.2) is 0 Å². The van der Waals surface area contributed by atoms with Crippen molar-refractivity contribution in [2.45, 2.75) is 43.9 Å². The van der Waals surface area contributed by atoms with Crippen LogP contribution in [0.15, 0.2) is 17.5 Å². The zero-order valence-corrected chi connectivity index (χ0v) is 11.6. The fraction of sp³-hybridized carbons (Fsp3) is 0.714. The zero-order chi connectivity index (χ0) is 12.4. The van der Waals surface area contributed by atoms with Gasteiger partial charge in [0.1, 0.15) is 0 Å². The Hall–Kier alpha value is -0.420. The molecule has 1 aliphatic heterocycles. The molecule has 1 aromatic rings. The molecule has 3 nitrogen and oxygen atoms in total. The van der Waals surface area contributed by atoms with Crippen LogP contribution in [-0.4, -0.2) is 41.3 Å². The van der Waals surface area contributed by atoms with E-state index in [1.54, 1.807) is 0 Å². The molecule has 0 bridgehead atoms. The highest BCUT2D eigenvalue weighted by molar-refractivity contribution is 7.09. The molecule has 1 saturated carbocycles. The lowest BCUT2D eigenvalue weighted by atomic mass is 9.92. The maximum Gasteiger partial charge on any atom is 0.0798 e. The van der Waals surface area contributed by atoms with Crippen LogP contribution in [0.3, 0.4) is 0 Å². The molecule has 1 aromatic heterocycles. The standard InChI is InChI=1S/C14H22N2OS/c17-14(5-7-15-8-6-14)11-16(12-3-4-12)10-13-2-1-9-18-13/h1-2,9,12,15,17H,3-8,10-11H2. The third kappa shape index (κ3) is 3.12. The van der Waals surface area contributed by atoms with E-state index in [9.17, 15) is 5.11 Å². The number of rotatable bonds is 5. The van der Waals surface area contributed by atoms with Gasteiger partial charge in [0.25, 0.3) is 0 Å². The smallest absolute Gasteiger partial charge is 0.0798 e. The van der Waals surface area contributed by atoms with E-state index in [1.807, 2.05) is 11.3 Å². The van der Waals surface area contributed by atoms with Gasteiger partial charge in [0.15, 0.2) is 0 Å². The van der Waals surface area contributed by atoms with Gasteiger partial charge in [-0.3, -0.25) is 4.90 Å². The van der Waals surface area contributed by atoms with Crippen molar-refractivity contribution in [2.75, 3.05) is 19.6 Å². The van der Waals surface area contributed by atoms with E-state index in [4.69, 9.17) is 0 Å². The minimum absolute atomic E-state index is 0.467. The van der Waals surface area contributed by atoms with Crippen LogP contribution >= 0.6 is 11.3 Å². The molecule has 0 atom stereocenters. The lowest BCUT2D eigenvalue weighted by molar-refractivity contribution is -0.0247. The molecule has 0 aromatic carbocycles. The van der Waals surface area contributed by atoms with Gasteiger partial charge in [-0.05, 0) is 50.2 Å². The number of hydrogen-bond acceptors (Lipinski definition) is 4. The summed E-state index contributed by atoms with van der Waals surface area (Å²) in [5, 5.41) is 16.1. The molecule has 3 rings (SSSR count). The Bertz CT molecular complexity index is 369. The summed E-state index contributed by atoms with van der Waals surface area (Å²) in [5.74, 6) is 0. The molecule has 2 aliphatic rings. The third-order valence-electron chi connectivity index (χ3n) is 4.03. The third-order valence-corrected chi connectivity index (χ3v) is 4.90. The first-order valence-electron chi connectivity index (χ1n) is 6.95. The Morgan fingerprint density at radius 2 is 2.17 bits per heavy atom. The van der Waals surface area contributed by atoms with Crippen LogP contribution < -0.4 is 5.32 Å². The molecule has 2 heterocycles. The summed E-state index contributed by atoms with van der Waals surface area (Å²) in [6, 6.07) is 5.03. The SMILES string of the molecule is OC1(CN(Cc2cccs2)C2CC2)CCNCC1. The Morgan fingerprint density at radius 3 is 2.78 bits per heavy atom. The van der Waals surface area contributed by atoms with E-state index in [1.165, 1.54) is 17.7 Å². The second kappa shape index (κ2) is 5.29. The average molecular weight is 266 g/mol. The van der Waals surface area contributed by atoms with Crippen molar-refractivity contribution in [2.24, 2.45) is 0 Å². The van der Waals surface area contributed by atoms with Crippen LogP contribution in [0.4, 0.5) is 0 Å². The van der Waals surface area contributed by atoms with Gasteiger partial charge in [-0.15, -0.1) is 11.3 Å². The summed E-state index contributed by atoms with van der Waals surface area (Å²) in [5.41, 5.74) is -0.467. The molecule has 0 spiro atoms. The van der Waals surface area contributed by atoms with Gasteiger partial charge < -0.3 is 10.4 Å². The van der Waals surface area contributed by atoms with Crippen molar-refractivity contribution >= 4 is 11.3 Å². The van der Waals surface area contributed by atoms with Crippen LogP contribution in [0.1, 0.15) is 30.6 Å². The van der Waals surface area contributed by atoms with Crippen molar-refractivity contribution in [3.63, 3.8) is 0 Å². The summed E-state index contributed by atoms with van der Waals surface area (Å²) < 4.78 is 0. The molecular weight excluding hydrogens is 244 g/mol. The minimum atomic E-state index is -0.467. The number of thiophene rings is 1. The van der Waals surface area contributed by atoms with Crippen molar-refractivity contribution in [3.8, 4) is 0 Å². The highest BCUT2D eigenvalue weighted by atomic mass is 32.1. The second-order valence-corrected chi connectivity index (χ2v) is 6.72. The quantitative estimate of drug-likeness (QED) is 0.853. The molecular formula is C14H22N2OS. The number of nitrogens with zero attached hydrogens (tertiary/aromatic N) is 1. The molecule has 2 fully saturated rings. The number of nitrogens with one attached hydrogen (secondary N) is 1. The Labute approximate surface area is 113 Å². The predicted octanol–water partition coefficient (Wildman–Crippen LogP) is 1.83. The first-order chi connectivity index (χ1) is 8.75. The molecule has 0 radical (unpaired) electrons. The molecule has 2 N–H and O–H groups in total. The summed E-state index contributed by atoms with van der Waals surface area (Å²) in [6.07, 6.45) is 4.39. The van der Waals surface area contributed by atoms with Crippen LogP contribution in [0.25, 0.3) is 0 Å². The van der Waals surface area contributed by atoms with E-state index >= 15 is 0 Å². The largest absolute Gasteiger partial charge is 0.388 e. The van der Waals surface area contributed by atoms with E-state index in [0.29, 0.717) is 6.04 Å². The van der Waals surface area contributed by atoms with E-state index in [0.717, 1.165) is 39.0 Å². The summed E-state index contributed by atoms with van der Waals surface area (Å²) in [4.78, 5) is 3.91. The normalized spacial score (nSPS) is 23.4. The maximum atomic E-state index is 10.7. The number of hydrogen-bond donors (Lipinski definition) is 2. The van der Waals surface area contributed by atoms with Gasteiger partial charge in [-0.1, -0.05) is 6.07 Å². The maximum absolute atomic E-state index is 10.7. The monoisotopic (exact) mass is 266 g/mol. The Balaban J connectivity index is 1.62. The van der Waals surface area contributed by atoms with Crippen LogP contribution in [-0.2, 0) is 6.54 Å². The second-order valence-electron chi connectivity index (χ2n) is 5.69. The van der Waals surface area contributed by atoms with Crippen molar-refractivity contribution in [1.29, 1.82) is 0 Å². The topological polar surface area (TPSA) is 35.5 Å². The molecule has 1 aliphatic carbocycles. The van der Waals surface area contributed by atoms with E-state index < -0.39 is 5.60 Å². The van der Waals surface area contributed by atoms with E-state index in [-0.39, 0.29) is 0 Å². The van der Waals surface area contributed by atoms with Crippen LogP contribution in [0, 0.1) is 0 Å². The lowest BCUT2D eigenvalue weighted by Crippen LogP contribution is -2.50. The molecule has 100 valence electrons. The lowest BCUT2D eigenvalue weighted by Gasteiger charge is -2.37. The highest BCUT2D eigenvalue weighted by Gasteiger charge is 2.37. The van der Waals surface area contributed by atoms with Crippen LogP contribution in [0.2, 0.25) is 0 Å². The summed E-state index contributed by atoms with van der Waals surface area (Å²) >= 11 is 1.82. The van der Waals surface area contributed by atoms with Crippen molar-refractivity contribution in [1.82, 2.24) is 10.2 Å². The minimum Gasteiger partial charge on any atom is -0.388 e. The Kier molecular flexibility index (Phi) is 3.71. The van der Waals surface area contributed by atoms with Gasteiger partial charge in [-0.2, -0.15) is 0 Å². The molecule has 4 heteroatoms. The molecule has 0 amide bonds. The molecule has 1 saturated heterocycles. The number of aliphatic hydroxyl groups is 1. The van der Waals surface area contributed by atoms with Gasteiger partial charge in [0.2, 0.25) is 0 Å². The van der Waals surface area contributed by atoms with Gasteiger partial charge in [0, 0.05) is 24.0 Å². The van der Waals surface area contributed by atoms with Crippen molar-refractivity contribution < 1.29 is 5.11 Å². The summed E-state index contributed by atoms with van der Waals surface area (Å²) in [7, 11) is 0.